The van der Waals surface area contributed by atoms with Gasteiger partial charge in [-0.25, -0.2) is 0 Å². The Kier molecular flexibility index (Phi) is 8.47. The summed E-state index contributed by atoms with van der Waals surface area (Å²) >= 11 is 4.96. The normalized spacial score (nSPS) is 13.4. The zero-order valence-electron chi connectivity index (χ0n) is 17.9. The first-order valence-corrected chi connectivity index (χ1v) is 13.0. The number of unbranched alkanes of at least 4 members (excludes halogenated alkanes) is 1. The maximum Gasteiger partial charge on any atom is 0.324 e. The molecule has 0 spiro atoms. The molecule has 2 aromatic carbocycles. The number of aromatic nitrogens is 1. The molecule has 0 aliphatic carbocycles. The zero-order chi connectivity index (χ0) is 22.3. The average Bonchev–Trinajstić information content (AvgIpc) is 2.73. The van der Waals surface area contributed by atoms with Gasteiger partial charge >= 0.3 is 6.72 Å². The van der Waals surface area contributed by atoms with Crippen LogP contribution in [0.5, 0.6) is 0 Å². The third kappa shape index (κ3) is 7.03. The first-order chi connectivity index (χ1) is 14.9. The minimum absolute atomic E-state index is 0.149. The standard InChI is InChI=1S/C24H28NO4PS/c1-18(2)29-30(27,31)28-15-9-8-12-21(26)16-20-17-25-23-14-7-6-13-22(23)24(20)19-10-4-3-5-11-19/h3-7,10-11,13-14,17-18H,8-9,12,15-16H2,1-2H3,(H,27,31). The van der Waals surface area contributed by atoms with Crippen LogP contribution in [0.15, 0.2) is 60.8 Å². The molecule has 3 aromatic rings. The Morgan fingerprint density at radius 2 is 1.81 bits per heavy atom. The highest BCUT2D eigenvalue weighted by Gasteiger charge is 2.17. The topological polar surface area (TPSA) is 68.7 Å². The minimum atomic E-state index is -3.19. The summed E-state index contributed by atoms with van der Waals surface area (Å²) in [6, 6.07) is 18.1. The smallest absolute Gasteiger partial charge is 0.324 e. The van der Waals surface area contributed by atoms with Crippen LogP contribution < -0.4 is 0 Å². The van der Waals surface area contributed by atoms with Gasteiger partial charge in [0.05, 0.1) is 18.2 Å². The van der Waals surface area contributed by atoms with E-state index in [0.29, 0.717) is 25.7 Å². The quantitative estimate of drug-likeness (QED) is 0.288. The van der Waals surface area contributed by atoms with Gasteiger partial charge in [-0.15, -0.1) is 0 Å². The number of carbonyl (C=O) groups is 1. The van der Waals surface area contributed by atoms with Gasteiger partial charge in [0, 0.05) is 24.4 Å². The van der Waals surface area contributed by atoms with Crippen molar-refractivity contribution in [3.63, 3.8) is 0 Å². The van der Waals surface area contributed by atoms with Crippen molar-refractivity contribution in [2.24, 2.45) is 0 Å². The summed E-state index contributed by atoms with van der Waals surface area (Å²) in [5.74, 6) is 0.149. The van der Waals surface area contributed by atoms with E-state index < -0.39 is 6.72 Å². The maximum atomic E-state index is 12.7. The summed E-state index contributed by atoms with van der Waals surface area (Å²) in [7, 11) is 0. The number of nitrogens with zero attached hydrogens (tertiary/aromatic N) is 1. The van der Waals surface area contributed by atoms with E-state index in [1.807, 2.05) is 48.7 Å². The fourth-order valence-electron chi connectivity index (χ4n) is 3.46. The molecule has 1 heterocycles. The Bertz CT molecular complexity index is 1070. The Labute approximate surface area is 188 Å². The highest BCUT2D eigenvalue weighted by Crippen LogP contribution is 2.45. The molecule has 31 heavy (non-hydrogen) atoms. The number of pyridine rings is 1. The van der Waals surface area contributed by atoms with Crippen molar-refractivity contribution in [1.82, 2.24) is 4.98 Å². The van der Waals surface area contributed by atoms with Crippen LogP contribution >= 0.6 is 6.72 Å². The third-order valence-corrected chi connectivity index (χ3v) is 6.52. The zero-order valence-corrected chi connectivity index (χ0v) is 19.6. The van der Waals surface area contributed by atoms with E-state index in [1.54, 1.807) is 13.8 Å². The number of carbonyl (C=O) groups excluding carboxylic acids is 1. The molecule has 0 aliphatic heterocycles. The van der Waals surface area contributed by atoms with Gasteiger partial charge in [-0.1, -0.05) is 48.5 Å². The lowest BCUT2D eigenvalue weighted by molar-refractivity contribution is -0.118. The molecule has 1 N–H and O–H groups in total. The number of ketones is 1. The van der Waals surface area contributed by atoms with Crippen molar-refractivity contribution >= 4 is 35.2 Å². The summed E-state index contributed by atoms with van der Waals surface area (Å²) in [6.45, 7) is 0.680. The Balaban J connectivity index is 1.63. The summed E-state index contributed by atoms with van der Waals surface area (Å²) in [4.78, 5) is 27.2. The van der Waals surface area contributed by atoms with Crippen LogP contribution in [-0.4, -0.2) is 28.4 Å². The number of rotatable bonds is 11. The molecule has 0 saturated heterocycles. The monoisotopic (exact) mass is 457 g/mol. The average molecular weight is 458 g/mol. The fourth-order valence-corrected chi connectivity index (χ4v) is 5.16. The molecule has 0 aliphatic rings. The summed E-state index contributed by atoms with van der Waals surface area (Å²) in [5, 5.41) is 1.05. The minimum Gasteiger partial charge on any atom is -0.324 e. The van der Waals surface area contributed by atoms with Gasteiger partial charge < -0.3 is 13.9 Å². The second-order valence-electron chi connectivity index (χ2n) is 7.67. The molecule has 0 bridgehead atoms. The van der Waals surface area contributed by atoms with E-state index in [2.05, 4.69) is 17.1 Å². The Morgan fingerprint density at radius 3 is 2.55 bits per heavy atom. The van der Waals surface area contributed by atoms with Crippen molar-refractivity contribution < 1.29 is 18.7 Å². The third-order valence-electron chi connectivity index (χ3n) is 4.75. The van der Waals surface area contributed by atoms with Crippen LogP contribution in [0, 0.1) is 0 Å². The molecule has 1 atom stereocenters. The van der Waals surface area contributed by atoms with Crippen LogP contribution in [0.4, 0.5) is 0 Å². The van der Waals surface area contributed by atoms with Crippen LogP contribution in [0.2, 0.25) is 0 Å². The highest BCUT2D eigenvalue weighted by atomic mass is 32.5. The largest absolute Gasteiger partial charge is 0.324 e. The SMILES string of the molecule is CC(C)OP(O)(=S)OCCCCC(=O)Cc1cnc2ccccc2c1-c1ccccc1. The number of Topliss-reactive ketones (excluding diaryl/α,β-unsaturated/α-hetero) is 1. The van der Waals surface area contributed by atoms with Crippen molar-refractivity contribution in [1.29, 1.82) is 0 Å². The lowest BCUT2D eigenvalue weighted by Crippen LogP contribution is -2.06. The van der Waals surface area contributed by atoms with E-state index in [1.165, 1.54) is 0 Å². The van der Waals surface area contributed by atoms with E-state index >= 15 is 0 Å². The molecular weight excluding hydrogens is 429 g/mol. The van der Waals surface area contributed by atoms with E-state index in [4.69, 9.17) is 20.9 Å². The number of para-hydroxylation sites is 1. The fraction of sp³-hybridized carbons (Fsp3) is 0.333. The van der Waals surface area contributed by atoms with Crippen LogP contribution in [0.25, 0.3) is 22.0 Å². The molecule has 1 aromatic heterocycles. The van der Waals surface area contributed by atoms with E-state index in [9.17, 15) is 9.69 Å². The van der Waals surface area contributed by atoms with Gasteiger partial charge in [0.2, 0.25) is 0 Å². The molecule has 164 valence electrons. The van der Waals surface area contributed by atoms with Crippen molar-refractivity contribution in [3.05, 3.63) is 66.4 Å². The summed E-state index contributed by atoms with van der Waals surface area (Å²) in [6.07, 6.45) is 3.69. The molecule has 0 saturated carbocycles. The van der Waals surface area contributed by atoms with E-state index in [-0.39, 0.29) is 18.5 Å². The van der Waals surface area contributed by atoms with Gasteiger partial charge in [0.1, 0.15) is 5.78 Å². The molecule has 5 nitrogen and oxygen atoms in total. The number of benzene rings is 2. The van der Waals surface area contributed by atoms with Gasteiger partial charge in [0.25, 0.3) is 0 Å². The van der Waals surface area contributed by atoms with Gasteiger partial charge in [-0.2, -0.15) is 0 Å². The van der Waals surface area contributed by atoms with Crippen molar-refractivity contribution in [3.8, 4) is 11.1 Å². The first kappa shape index (κ1) is 23.7. The van der Waals surface area contributed by atoms with Crippen LogP contribution in [-0.2, 0) is 32.1 Å². The molecule has 0 fully saturated rings. The number of hydrogen-bond donors (Lipinski definition) is 1. The molecule has 0 amide bonds. The van der Waals surface area contributed by atoms with Crippen molar-refractivity contribution in [2.75, 3.05) is 6.61 Å². The van der Waals surface area contributed by atoms with Gasteiger partial charge in [0.15, 0.2) is 0 Å². The molecule has 0 radical (unpaired) electrons. The van der Waals surface area contributed by atoms with Gasteiger partial charge in [-0.3, -0.25) is 9.78 Å². The van der Waals surface area contributed by atoms with Crippen molar-refractivity contribution in [2.45, 2.75) is 45.6 Å². The second kappa shape index (κ2) is 11.1. The summed E-state index contributed by atoms with van der Waals surface area (Å²) < 4.78 is 10.5. The maximum absolute atomic E-state index is 12.7. The number of fused-ring (bicyclic) bond motifs is 1. The van der Waals surface area contributed by atoms with Gasteiger partial charge in [-0.05, 0) is 61.3 Å². The molecule has 1 unspecified atom stereocenters. The Morgan fingerprint density at radius 1 is 1.10 bits per heavy atom. The highest BCUT2D eigenvalue weighted by molar-refractivity contribution is 8.07. The van der Waals surface area contributed by atoms with Crippen LogP contribution in [0.3, 0.4) is 0 Å². The lowest BCUT2D eigenvalue weighted by atomic mass is 9.93. The molecule has 7 heteroatoms. The first-order valence-electron chi connectivity index (χ1n) is 10.5. The summed E-state index contributed by atoms with van der Waals surface area (Å²) in [5.41, 5.74) is 3.99. The van der Waals surface area contributed by atoms with Crippen LogP contribution in [0.1, 0.15) is 38.7 Å². The molecular formula is C24H28NO4PS. The number of hydrogen-bond acceptors (Lipinski definition) is 5. The predicted molar refractivity (Wildman–Crippen MR) is 128 cm³/mol. The Hall–Kier alpha value is -1.95. The predicted octanol–water partition coefficient (Wildman–Crippen LogP) is 5.84. The lowest BCUT2D eigenvalue weighted by Gasteiger charge is -2.17. The molecule has 3 rings (SSSR count). The second-order valence-corrected chi connectivity index (χ2v) is 10.5. The van der Waals surface area contributed by atoms with E-state index in [0.717, 1.165) is 27.6 Å².